The van der Waals surface area contributed by atoms with Gasteiger partial charge in [0.05, 0.1) is 23.3 Å². The van der Waals surface area contributed by atoms with Gasteiger partial charge in [0.2, 0.25) is 0 Å². The molecule has 1 aliphatic heterocycles. The molecule has 1 aliphatic rings. The monoisotopic (exact) mass is 382 g/mol. The third-order valence-electron chi connectivity index (χ3n) is 4.76. The summed E-state index contributed by atoms with van der Waals surface area (Å²) in [6.45, 7) is 4.60. The summed E-state index contributed by atoms with van der Waals surface area (Å²) in [7, 11) is 1.63. The van der Waals surface area contributed by atoms with Crippen molar-refractivity contribution < 1.29 is 14.4 Å². The lowest BCUT2D eigenvalue weighted by Gasteiger charge is -2.36. The molecule has 2 aromatic rings. The van der Waals surface area contributed by atoms with Crippen LogP contribution in [0.25, 0.3) is 0 Å². The Morgan fingerprint density at radius 1 is 1.11 bits per heavy atom. The minimum Gasteiger partial charge on any atom is -0.497 e. The predicted octanol–water partition coefficient (Wildman–Crippen LogP) is 2.68. The zero-order chi connectivity index (χ0) is 19.9. The Balaban J connectivity index is 1.49. The lowest BCUT2D eigenvalue weighted by atomic mass is 10.1. The van der Waals surface area contributed by atoms with Gasteiger partial charge in [0.15, 0.2) is 0 Å². The number of nitro benzene ring substituents is 1. The molecular weight excluding hydrogens is 360 g/mol. The van der Waals surface area contributed by atoms with Gasteiger partial charge in [0, 0.05) is 44.9 Å². The molecule has 0 aliphatic carbocycles. The molecule has 146 valence electrons. The van der Waals surface area contributed by atoms with Crippen molar-refractivity contribution in [2.45, 2.75) is 0 Å². The number of non-ortho nitro benzene ring substituents is 1. The van der Waals surface area contributed by atoms with Gasteiger partial charge >= 0.3 is 0 Å². The molecule has 1 fully saturated rings. The maximum Gasteiger partial charge on any atom is 0.270 e. The summed E-state index contributed by atoms with van der Waals surface area (Å²) in [5, 5.41) is 20.2. The zero-order valence-corrected chi connectivity index (χ0v) is 15.7. The highest BCUT2D eigenvalue weighted by atomic mass is 16.6. The summed E-state index contributed by atoms with van der Waals surface area (Å²) in [4.78, 5) is 14.8. The molecule has 0 atom stereocenters. The molecule has 0 aromatic heterocycles. The second kappa shape index (κ2) is 9.06. The molecule has 8 nitrogen and oxygen atoms in total. The Hall–Kier alpha value is -3.31. The molecule has 0 radical (unpaired) electrons. The first kappa shape index (κ1) is 19.5. The van der Waals surface area contributed by atoms with E-state index in [0.717, 1.165) is 49.9 Å². The lowest BCUT2D eigenvalue weighted by Crippen LogP contribution is -2.47. The van der Waals surface area contributed by atoms with E-state index < -0.39 is 4.92 Å². The van der Waals surface area contributed by atoms with Crippen LogP contribution in [0.15, 0.2) is 42.5 Å². The first-order valence-corrected chi connectivity index (χ1v) is 9.03. The average Bonchev–Trinajstić information content (AvgIpc) is 2.74. The largest absolute Gasteiger partial charge is 0.497 e. The number of hydrogen-bond donors (Lipinski definition) is 0. The van der Waals surface area contributed by atoms with Crippen LogP contribution in [0, 0.1) is 21.4 Å². The number of nitro groups is 1. The van der Waals surface area contributed by atoms with Gasteiger partial charge in [-0.05, 0) is 30.3 Å². The highest BCUT2D eigenvalue weighted by Gasteiger charge is 2.21. The van der Waals surface area contributed by atoms with Crippen LogP contribution in [-0.4, -0.2) is 56.3 Å². The van der Waals surface area contributed by atoms with Crippen LogP contribution in [0.1, 0.15) is 5.56 Å². The summed E-state index contributed by atoms with van der Waals surface area (Å²) in [5.41, 5.74) is 1.03. The molecule has 0 saturated carbocycles. The standard InChI is InChI=1S/C20H22N4O4/c1-27-18-3-5-19(6-4-18)28-13-12-22-8-10-23(11-9-22)20-7-2-17(24(25)26)14-16(20)15-21/h2-7,14H,8-13H2,1H3. The maximum absolute atomic E-state index is 10.9. The second-order valence-corrected chi connectivity index (χ2v) is 6.42. The van der Waals surface area contributed by atoms with Gasteiger partial charge < -0.3 is 14.4 Å². The number of ether oxygens (including phenoxy) is 2. The van der Waals surface area contributed by atoms with Crippen LogP contribution in [0.4, 0.5) is 11.4 Å². The topological polar surface area (TPSA) is 91.9 Å². The number of rotatable bonds is 7. The van der Waals surface area contributed by atoms with Crippen molar-refractivity contribution in [2.24, 2.45) is 0 Å². The minimum atomic E-state index is -0.481. The average molecular weight is 382 g/mol. The van der Waals surface area contributed by atoms with E-state index in [1.807, 2.05) is 24.3 Å². The number of benzene rings is 2. The van der Waals surface area contributed by atoms with Gasteiger partial charge in [-0.2, -0.15) is 5.26 Å². The van der Waals surface area contributed by atoms with E-state index in [0.29, 0.717) is 12.2 Å². The molecule has 2 aromatic carbocycles. The fourth-order valence-corrected chi connectivity index (χ4v) is 3.18. The van der Waals surface area contributed by atoms with E-state index in [4.69, 9.17) is 9.47 Å². The second-order valence-electron chi connectivity index (χ2n) is 6.42. The minimum absolute atomic E-state index is 0.0605. The van der Waals surface area contributed by atoms with Crippen molar-refractivity contribution >= 4 is 11.4 Å². The van der Waals surface area contributed by atoms with Crippen molar-refractivity contribution in [1.29, 1.82) is 5.26 Å². The number of methoxy groups -OCH3 is 1. The van der Waals surface area contributed by atoms with Crippen molar-refractivity contribution in [3.63, 3.8) is 0 Å². The summed E-state index contributed by atoms with van der Waals surface area (Å²) >= 11 is 0. The number of nitrogens with zero attached hydrogens (tertiary/aromatic N) is 4. The van der Waals surface area contributed by atoms with Gasteiger partial charge in [-0.1, -0.05) is 0 Å². The smallest absolute Gasteiger partial charge is 0.270 e. The molecule has 28 heavy (non-hydrogen) atoms. The molecule has 0 amide bonds. The zero-order valence-electron chi connectivity index (χ0n) is 15.7. The fourth-order valence-electron chi connectivity index (χ4n) is 3.18. The molecule has 0 N–H and O–H groups in total. The number of piperazine rings is 1. The summed E-state index contributed by atoms with van der Waals surface area (Å²) < 4.78 is 10.9. The van der Waals surface area contributed by atoms with E-state index in [9.17, 15) is 15.4 Å². The summed E-state index contributed by atoms with van der Waals surface area (Å²) in [6, 6.07) is 14.0. The molecule has 8 heteroatoms. The van der Waals surface area contributed by atoms with Crippen LogP contribution >= 0.6 is 0 Å². The Morgan fingerprint density at radius 3 is 2.39 bits per heavy atom. The number of hydrogen-bond acceptors (Lipinski definition) is 7. The Kier molecular flexibility index (Phi) is 6.29. The molecule has 1 heterocycles. The van der Waals surface area contributed by atoms with Gasteiger partial charge in [0.1, 0.15) is 24.2 Å². The van der Waals surface area contributed by atoms with Crippen LogP contribution in [-0.2, 0) is 0 Å². The highest BCUT2D eigenvalue weighted by Crippen LogP contribution is 2.26. The molecule has 0 spiro atoms. The number of nitriles is 1. The Bertz CT molecular complexity index is 855. The van der Waals surface area contributed by atoms with Crippen molar-refractivity contribution in [2.75, 3.05) is 51.3 Å². The van der Waals surface area contributed by atoms with Gasteiger partial charge in [0.25, 0.3) is 5.69 Å². The quantitative estimate of drug-likeness (QED) is 0.537. The van der Waals surface area contributed by atoms with Gasteiger partial charge in [-0.25, -0.2) is 0 Å². The van der Waals surface area contributed by atoms with Gasteiger partial charge in [-0.3, -0.25) is 15.0 Å². The summed E-state index contributed by atoms with van der Waals surface area (Å²) in [5.74, 6) is 1.61. The first-order valence-electron chi connectivity index (χ1n) is 9.03. The van der Waals surface area contributed by atoms with Gasteiger partial charge in [-0.15, -0.1) is 0 Å². The maximum atomic E-state index is 10.9. The van der Waals surface area contributed by atoms with Crippen LogP contribution in [0.3, 0.4) is 0 Å². The van der Waals surface area contributed by atoms with E-state index in [1.54, 1.807) is 13.2 Å². The van der Waals surface area contributed by atoms with Crippen LogP contribution in [0.2, 0.25) is 0 Å². The van der Waals surface area contributed by atoms with E-state index in [1.165, 1.54) is 12.1 Å². The molecule has 0 unspecified atom stereocenters. The third-order valence-corrected chi connectivity index (χ3v) is 4.76. The third kappa shape index (κ3) is 4.69. The van der Waals surface area contributed by atoms with Crippen molar-refractivity contribution in [3.8, 4) is 17.6 Å². The Labute approximate surface area is 163 Å². The first-order chi connectivity index (χ1) is 13.6. The molecule has 3 rings (SSSR count). The summed E-state index contributed by atoms with van der Waals surface area (Å²) in [6.07, 6.45) is 0. The van der Waals surface area contributed by atoms with E-state index >= 15 is 0 Å². The molecular formula is C20H22N4O4. The van der Waals surface area contributed by atoms with Crippen LogP contribution in [0.5, 0.6) is 11.5 Å². The fraction of sp³-hybridized carbons (Fsp3) is 0.350. The highest BCUT2D eigenvalue weighted by molar-refractivity contribution is 5.63. The molecule has 1 saturated heterocycles. The lowest BCUT2D eigenvalue weighted by molar-refractivity contribution is -0.384. The van der Waals surface area contributed by atoms with E-state index in [2.05, 4.69) is 15.9 Å². The van der Waals surface area contributed by atoms with Crippen molar-refractivity contribution in [3.05, 3.63) is 58.1 Å². The normalized spacial score (nSPS) is 14.4. The SMILES string of the molecule is COc1ccc(OCCN2CCN(c3ccc([N+](=O)[O-])cc3C#N)CC2)cc1. The van der Waals surface area contributed by atoms with Crippen LogP contribution < -0.4 is 14.4 Å². The van der Waals surface area contributed by atoms with Crippen molar-refractivity contribution in [1.82, 2.24) is 4.90 Å². The number of anilines is 1. The molecule has 0 bridgehead atoms. The Morgan fingerprint density at radius 2 is 1.79 bits per heavy atom. The van der Waals surface area contributed by atoms with E-state index in [-0.39, 0.29) is 5.69 Å². The predicted molar refractivity (Wildman–Crippen MR) is 105 cm³/mol.